The lowest BCUT2D eigenvalue weighted by molar-refractivity contribution is 0.112. The van der Waals surface area contributed by atoms with Crippen LogP contribution in [-0.2, 0) is 0 Å². The summed E-state index contributed by atoms with van der Waals surface area (Å²) >= 11 is 1.61. The number of nitrogens with zero attached hydrogens (tertiary/aromatic N) is 2. The van der Waals surface area contributed by atoms with Crippen LogP contribution >= 0.6 is 11.3 Å². The molecule has 92 valence electrons. The van der Waals surface area contributed by atoms with Crippen molar-refractivity contribution in [2.45, 2.75) is 12.8 Å². The molecule has 0 radical (unpaired) electrons. The SMILES string of the molecule is O=Cc1ccc(N2CCN(CC3CC3)CC2)s1. The Morgan fingerprint density at radius 2 is 2.00 bits per heavy atom. The lowest BCUT2D eigenvalue weighted by atomic mass is 10.3. The molecule has 0 atom stereocenters. The van der Waals surface area contributed by atoms with Crippen LogP contribution in [0.3, 0.4) is 0 Å². The largest absolute Gasteiger partial charge is 0.361 e. The van der Waals surface area contributed by atoms with Gasteiger partial charge in [0.15, 0.2) is 6.29 Å². The highest BCUT2D eigenvalue weighted by Crippen LogP contribution is 2.31. The molecule has 1 aliphatic heterocycles. The highest BCUT2D eigenvalue weighted by atomic mass is 32.1. The van der Waals surface area contributed by atoms with Gasteiger partial charge in [-0.2, -0.15) is 0 Å². The smallest absolute Gasteiger partial charge is 0.160 e. The molecule has 0 aromatic carbocycles. The summed E-state index contributed by atoms with van der Waals surface area (Å²) in [6.07, 6.45) is 3.82. The quantitative estimate of drug-likeness (QED) is 0.765. The van der Waals surface area contributed by atoms with Gasteiger partial charge in [-0.05, 0) is 30.9 Å². The molecule has 1 aromatic rings. The second kappa shape index (κ2) is 4.78. The third kappa shape index (κ3) is 2.69. The van der Waals surface area contributed by atoms with Gasteiger partial charge >= 0.3 is 0 Å². The van der Waals surface area contributed by atoms with E-state index in [0.717, 1.165) is 30.2 Å². The van der Waals surface area contributed by atoms with Gasteiger partial charge in [-0.15, -0.1) is 11.3 Å². The van der Waals surface area contributed by atoms with Gasteiger partial charge in [-0.25, -0.2) is 0 Å². The summed E-state index contributed by atoms with van der Waals surface area (Å²) in [4.78, 5) is 16.5. The van der Waals surface area contributed by atoms with E-state index in [2.05, 4.69) is 15.9 Å². The molecule has 0 unspecified atom stereocenters. The molecule has 2 heterocycles. The second-order valence-electron chi connectivity index (χ2n) is 5.02. The Morgan fingerprint density at radius 3 is 2.59 bits per heavy atom. The normalized spacial score (nSPS) is 21.8. The molecule has 0 bridgehead atoms. The van der Waals surface area contributed by atoms with Crippen molar-refractivity contribution in [1.82, 2.24) is 4.90 Å². The predicted octanol–water partition coefficient (Wildman–Crippen LogP) is 2.09. The first-order valence-electron chi connectivity index (χ1n) is 6.37. The maximum Gasteiger partial charge on any atom is 0.160 e. The van der Waals surface area contributed by atoms with Crippen LogP contribution in [0.5, 0.6) is 0 Å². The van der Waals surface area contributed by atoms with Gasteiger partial charge in [0, 0.05) is 32.7 Å². The fraction of sp³-hybridized carbons (Fsp3) is 0.615. The van der Waals surface area contributed by atoms with Crippen molar-refractivity contribution >= 4 is 22.6 Å². The average Bonchev–Trinajstić information content (AvgIpc) is 3.05. The number of carbonyl (C=O) groups excluding carboxylic acids is 1. The zero-order valence-electron chi connectivity index (χ0n) is 9.97. The lowest BCUT2D eigenvalue weighted by Gasteiger charge is -2.35. The minimum absolute atomic E-state index is 0.834. The third-order valence-corrected chi connectivity index (χ3v) is 4.70. The maximum atomic E-state index is 10.7. The van der Waals surface area contributed by atoms with E-state index in [9.17, 15) is 4.79 Å². The van der Waals surface area contributed by atoms with Crippen molar-refractivity contribution < 1.29 is 4.79 Å². The van der Waals surface area contributed by atoms with E-state index >= 15 is 0 Å². The molecule has 3 nitrogen and oxygen atoms in total. The number of anilines is 1. The Balaban J connectivity index is 1.54. The molecule has 0 spiro atoms. The highest BCUT2D eigenvalue weighted by molar-refractivity contribution is 7.17. The van der Waals surface area contributed by atoms with E-state index in [4.69, 9.17) is 0 Å². The Morgan fingerprint density at radius 1 is 1.24 bits per heavy atom. The highest BCUT2D eigenvalue weighted by Gasteiger charge is 2.26. The Labute approximate surface area is 106 Å². The summed E-state index contributed by atoms with van der Waals surface area (Å²) in [5, 5.41) is 1.25. The number of thiophene rings is 1. The van der Waals surface area contributed by atoms with Crippen LogP contribution < -0.4 is 4.90 Å². The first kappa shape index (κ1) is 11.2. The fourth-order valence-corrected chi connectivity index (χ4v) is 3.27. The number of hydrogen-bond donors (Lipinski definition) is 0. The van der Waals surface area contributed by atoms with E-state index < -0.39 is 0 Å². The van der Waals surface area contributed by atoms with Crippen molar-refractivity contribution in [3.8, 4) is 0 Å². The maximum absolute atomic E-state index is 10.7. The van der Waals surface area contributed by atoms with Crippen LogP contribution in [-0.4, -0.2) is 43.9 Å². The second-order valence-corrected chi connectivity index (χ2v) is 6.12. The minimum atomic E-state index is 0.834. The van der Waals surface area contributed by atoms with Crippen molar-refractivity contribution in [2.75, 3.05) is 37.6 Å². The van der Waals surface area contributed by atoms with Gasteiger partial charge in [0.1, 0.15) is 0 Å². The Hall–Kier alpha value is -0.870. The third-order valence-electron chi connectivity index (χ3n) is 3.63. The summed E-state index contributed by atoms with van der Waals surface area (Å²) in [6.45, 7) is 5.85. The summed E-state index contributed by atoms with van der Waals surface area (Å²) in [5.41, 5.74) is 0. The minimum Gasteiger partial charge on any atom is -0.361 e. The Kier molecular flexibility index (Phi) is 3.16. The zero-order chi connectivity index (χ0) is 11.7. The van der Waals surface area contributed by atoms with Gasteiger partial charge in [-0.3, -0.25) is 9.69 Å². The molecule has 0 N–H and O–H groups in total. The number of carbonyl (C=O) groups is 1. The molecule has 3 rings (SSSR count). The summed E-state index contributed by atoms with van der Waals surface area (Å²) in [5.74, 6) is 0.991. The standard InChI is InChI=1S/C13H18N2OS/c16-10-12-3-4-13(17-12)15-7-5-14(6-8-15)9-11-1-2-11/h3-4,10-11H,1-2,5-9H2. The van der Waals surface area contributed by atoms with Crippen molar-refractivity contribution in [3.63, 3.8) is 0 Å². The fourth-order valence-electron chi connectivity index (χ4n) is 2.39. The first-order valence-corrected chi connectivity index (χ1v) is 7.19. The topological polar surface area (TPSA) is 23.6 Å². The summed E-state index contributed by atoms with van der Waals surface area (Å²) in [7, 11) is 0. The van der Waals surface area contributed by atoms with Crippen LogP contribution in [0.2, 0.25) is 0 Å². The molecule has 4 heteroatoms. The van der Waals surface area contributed by atoms with Crippen LogP contribution in [0.4, 0.5) is 5.00 Å². The molecule has 0 amide bonds. The average molecular weight is 250 g/mol. The number of aldehydes is 1. The van der Waals surface area contributed by atoms with Gasteiger partial charge in [0.25, 0.3) is 0 Å². The molecule has 1 aliphatic carbocycles. The molecule has 1 saturated heterocycles. The molecule has 1 aromatic heterocycles. The Bertz CT molecular complexity index is 392. The van der Waals surface area contributed by atoms with Gasteiger partial charge in [0.2, 0.25) is 0 Å². The molecule has 2 fully saturated rings. The van der Waals surface area contributed by atoms with Crippen molar-refractivity contribution in [1.29, 1.82) is 0 Å². The van der Waals surface area contributed by atoms with E-state index in [0.29, 0.717) is 0 Å². The van der Waals surface area contributed by atoms with E-state index in [1.165, 1.54) is 37.5 Å². The van der Waals surface area contributed by atoms with Gasteiger partial charge in [0.05, 0.1) is 9.88 Å². The van der Waals surface area contributed by atoms with Crippen molar-refractivity contribution in [3.05, 3.63) is 17.0 Å². The van der Waals surface area contributed by atoms with Gasteiger partial charge < -0.3 is 4.90 Å². The van der Waals surface area contributed by atoms with Crippen LogP contribution in [0.1, 0.15) is 22.5 Å². The summed E-state index contributed by atoms with van der Waals surface area (Å²) in [6, 6.07) is 3.99. The molecule has 1 saturated carbocycles. The van der Waals surface area contributed by atoms with Crippen LogP contribution in [0, 0.1) is 5.92 Å². The van der Waals surface area contributed by atoms with Crippen molar-refractivity contribution in [2.24, 2.45) is 5.92 Å². The first-order chi connectivity index (χ1) is 8.35. The number of piperazine rings is 1. The van der Waals surface area contributed by atoms with E-state index in [1.54, 1.807) is 11.3 Å². The van der Waals surface area contributed by atoms with E-state index in [1.807, 2.05) is 6.07 Å². The zero-order valence-corrected chi connectivity index (χ0v) is 10.8. The lowest BCUT2D eigenvalue weighted by Crippen LogP contribution is -2.46. The summed E-state index contributed by atoms with van der Waals surface area (Å²) < 4.78 is 0. The van der Waals surface area contributed by atoms with Crippen LogP contribution in [0.15, 0.2) is 12.1 Å². The monoisotopic (exact) mass is 250 g/mol. The number of hydrogen-bond acceptors (Lipinski definition) is 4. The molecular formula is C13H18N2OS. The van der Waals surface area contributed by atoms with Crippen LogP contribution in [0.25, 0.3) is 0 Å². The molecule has 2 aliphatic rings. The predicted molar refractivity (Wildman–Crippen MR) is 71.1 cm³/mol. The van der Waals surface area contributed by atoms with E-state index in [-0.39, 0.29) is 0 Å². The molecular weight excluding hydrogens is 232 g/mol. The molecule has 17 heavy (non-hydrogen) atoms. The number of rotatable bonds is 4. The van der Waals surface area contributed by atoms with Gasteiger partial charge in [-0.1, -0.05) is 0 Å².